The Morgan fingerprint density at radius 2 is 1.89 bits per heavy atom. The molecule has 0 radical (unpaired) electrons. The Bertz CT molecular complexity index is 1670. The highest BCUT2D eigenvalue weighted by Crippen LogP contribution is 2.37. The monoisotopic (exact) mass is 613 g/mol. The molecule has 6 rings (SSSR count). The van der Waals surface area contributed by atoms with Gasteiger partial charge in [0.05, 0.1) is 18.0 Å². The zero-order chi connectivity index (χ0) is 30.6. The average molecular weight is 614 g/mol. The van der Waals surface area contributed by atoms with Crippen LogP contribution in [0.2, 0.25) is 0 Å². The first-order valence-corrected chi connectivity index (χ1v) is 15.2. The number of amidine groups is 2. The van der Waals surface area contributed by atoms with Crippen LogP contribution in [0.4, 0.5) is 11.4 Å². The van der Waals surface area contributed by atoms with Crippen LogP contribution in [0.1, 0.15) is 37.3 Å². The largest absolute Gasteiger partial charge is 0.496 e. The van der Waals surface area contributed by atoms with Crippen LogP contribution < -0.4 is 24.8 Å². The molecular weight excluding hydrogens is 582 g/mol. The fourth-order valence-corrected chi connectivity index (χ4v) is 6.13. The number of carbonyl (C=O) groups excluding carboxylic acids is 3. The van der Waals surface area contributed by atoms with E-state index in [2.05, 4.69) is 10.6 Å². The summed E-state index contributed by atoms with van der Waals surface area (Å²) in [5.41, 5.74) is 2.84. The van der Waals surface area contributed by atoms with Crippen LogP contribution in [0.5, 0.6) is 17.2 Å². The van der Waals surface area contributed by atoms with E-state index in [9.17, 15) is 14.4 Å². The maximum atomic E-state index is 13.7. The molecule has 3 heterocycles. The molecule has 44 heavy (non-hydrogen) atoms. The summed E-state index contributed by atoms with van der Waals surface area (Å²) < 4.78 is 16.1. The summed E-state index contributed by atoms with van der Waals surface area (Å²) in [6.45, 7) is 2.36. The second-order valence-corrected chi connectivity index (χ2v) is 11.4. The number of amides is 3. The summed E-state index contributed by atoms with van der Waals surface area (Å²) >= 11 is 1.21. The van der Waals surface area contributed by atoms with Gasteiger partial charge >= 0.3 is 0 Å². The number of carbonyl (C=O) groups is 3. The molecule has 0 aromatic heterocycles. The molecule has 2 N–H and O–H groups in total. The third-order valence-electron chi connectivity index (χ3n) is 7.41. The van der Waals surface area contributed by atoms with Crippen molar-refractivity contribution in [3.63, 3.8) is 0 Å². The Balaban J connectivity index is 1.14. The van der Waals surface area contributed by atoms with Gasteiger partial charge in [-0.3, -0.25) is 19.4 Å². The van der Waals surface area contributed by atoms with E-state index in [0.717, 1.165) is 11.1 Å². The van der Waals surface area contributed by atoms with Gasteiger partial charge in [0.25, 0.3) is 5.91 Å². The average Bonchev–Trinajstić information content (AvgIpc) is 3.65. The van der Waals surface area contributed by atoms with Gasteiger partial charge in [-0.1, -0.05) is 49.0 Å². The number of anilines is 1. The minimum absolute atomic E-state index is 0.118. The topological polar surface area (TPSA) is 131 Å². The van der Waals surface area contributed by atoms with Crippen LogP contribution in [0.25, 0.3) is 0 Å². The number of thioether (sulfide) groups is 1. The number of para-hydroxylation sites is 2. The predicted molar refractivity (Wildman–Crippen MR) is 168 cm³/mol. The molecule has 3 aliphatic heterocycles. The summed E-state index contributed by atoms with van der Waals surface area (Å²) in [6.07, 6.45) is 0.845. The van der Waals surface area contributed by atoms with Crippen LogP contribution in [0.3, 0.4) is 0 Å². The lowest BCUT2D eigenvalue weighted by atomic mass is 10.1. The SMILES string of the molecule is CC[C@H](SC1=Nc2ccccc2C2=N[C@H](CCC(=O)NCc3ccccc3OC)C(=O)N12)C(=O)Nc1ccc2c(c1)OCO2. The quantitative estimate of drug-likeness (QED) is 0.341. The Kier molecular flexibility index (Phi) is 8.51. The number of rotatable bonds is 10. The normalized spacial score (nSPS) is 16.8. The molecule has 0 bridgehead atoms. The van der Waals surface area contributed by atoms with Crippen LogP contribution in [-0.2, 0) is 20.9 Å². The maximum absolute atomic E-state index is 13.7. The van der Waals surface area contributed by atoms with Gasteiger partial charge in [0.1, 0.15) is 17.6 Å². The maximum Gasteiger partial charge on any atom is 0.259 e. The van der Waals surface area contributed by atoms with Crippen molar-refractivity contribution in [2.45, 2.75) is 44.0 Å². The molecule has 0 fully saturated rings. The van der Waals surface area contributed by atoms with Gasteiger partial charge in [0, 0.05) is 35.8 Å². The van der Waals surface area contributed by atoms with E-state index in [1.165, 1.54) is 16.7 Å². The smallest absolute Gasteiger partial charge is 0.259 e. The minimum Gasteiger partial charge on any atom is -0.496 e. The highest BCUT2D eigenvalue weighted by molar-refractivity contribution is 8.15. The van der Waals surface area contributed by atoms with Crippen molar-refractivity contribution >= 4 is 51.9 Å². The number of hydrogen-bond donors (Lipinski definition) is 2. The van der Waals surface area contributed by atoms with Crippen molar-refractivity contribution in [1.82, 2.24) is 10.2 Å². The minimum atomic E-state index is -0.749. The molecule has 3 amide bonds. The molecule has 2 atom stereocenters. The Labute approximate surface area is 258 Å². The summed E-state index contributed by atoms with van der Waals surface area (Å²) in [6, 6.07) is 19.4. The lowest BCUT2D eigenvalue weighted by Gasteiger charge is -2.27. The zero-order valence-electron chi connectivity index (χ0n) is 24.2. The highest BCUT2D eigenvalue weighted by atomic mass is 32.2. The molecule has 0 saturated heterocycles. The molecule has 3 aliphatic rings. The second-order valence-electron chi connectivity index (χ2n) is 10.3. The van der Waals surface area contributed by atoms with Crippen LogP contribution in [0.15, 0.2) is 76.7 Å². The third kappa shape index (κ3) is 5.98. The highest BCUT2D eigenvalue weighted by Gasteiger charge is 2.42. The number of aliphatic imine (C=N–C) groups is 2. The summed E-state index contributed by atoms with van der Waals surface area (Å²) in [7, 11) is 1.59. The van der Waals surface area contributed by atoms with Crippen molar-refractivity contribution in [3.05, 3.63) is 77.9 Å². The third-order valence-corrected chi connectivity index (χ3v) is 8.73. The standard InChI is InChI=1S/C32H31N5O6S/c1-3-27(30(39)34-20-12-14-25-26(16-20)43-18-42-25)44-32-36-22-10-6-5-9-21(22)29-35-23(31(40)37(29)32)13-15-28(38)33-17-19-8-4-7-11-24(19)41-2/h4-12,14,16,23,27H,3,13,15,17-18H2,1-2H3,(H,33,38)(H,34,39)/t23-,27+/m1/s1. The van der Waals surface area contributed by atoms with Crippen LogP contribution in [0, 0.1) is 0 Å². The lowest BCUT2D eigenvalue weighted by molar-refractivity contribution is -0.125. The Hall–Kier alpha value is -4.84. The van der Waals surface area contributed by atoms with Crippen molar-refractivity contribution in [1.29, 1.82) is 0 Å². The number of benzene rings is 3. The molecule has 3 aromatic rings. The fraction of sp³-hybridized carbons (Fsp3) is 0.281. The van der Waals surface area contributed by atoms with Crippen molar-refractivity contribution in [2.24, 2.45) is 9.98 Å². The summed E-state index contributed by atoms with van der Waals surface area (Å²) in [4.78, 5) is 50.8. The first-order chi connectivity index (χ1) is 21.4. The van der Waals surface area contributed by atoms with E-state index in [1.807, 2.05) is 55.5 Å². The van der Waals surface area contributed by atoms with Gasteiger partial charge in [-0.15, -0.1) is 0 Å². The van der Waals surface area contributed by atoms with Gasteiger partial charge < -0.3 is 24.8 Å². The lowest BCUT2D eigenvalue weighted by Crippen LogP contribution is -2.42. The van der Waals surface area contributed by atoms with Crippen LogP contribution in [-0.4, -0.2) is 58.8 Å². The van der Waals surface area contributed by atoms with E-state index < -0.39 is 11.3 Å². The van der Waals surface area contributed by atoms with Crippen molar-refractivity contribution < 1.29 is 28.6 Å². The van der Waals surface area contributed by atoms with Crippen molar-refractivity contribution in [2.75, 3.05) is 19.2 Å². The Morgan fingerprint density at radius 1 is 1.09 bits per heavy atom. The molecular formula is C32H31N5O6S. The summed E-state index contributed by atoms with van der Waals surface area (Å²) in [5.74, 6) is 1.68. The van der Waals surface area contributed by atoms with Gasteiger partial charge in [0.15, 0.2) is 16.7 Å². The first kappa shape index (κ1) is 29.2. The fourth-order valence-electron chi connectivity index (χ4n) is 5.11. The zero-order valence-corrected chi connectivity index (χ0v) is 25.1. The molecule has 11 nitrogen and oxygen atoms in total. The van der Waals surface area contributed by atoms with E-state index in [1.54, 1.807) is 25.3 Å². The molecule has 0 spiro atoms. The van der Waals surface area contributed by atoms with Gasteiger partial charge in [0.2, 0.25) is 18.6 Å². The molecule has 0 saturated carbocycles. The number of fused-ring (bicyclic) bond motifs is 4. The molecule has 0 aliphatic carbocycles. The van der Waals surface area contributed by atoms with E-state index in [0.29, 0.717) is 52.6 Å². The van der Waals surface area contributed by atoms with Crippen LogP contribution >= 0.6 is 11.8 Å². The molecule has 3 aromatic carbocycles. The molecule has 12 heteroatoms. The van der Waals surface area contributed by atoms with E-state index in [-0.39, 0.29) is 37.4 Å². The van der Waals surface area contributed by atoms with E-state index >= 15 is 0 Å². The number of ether oxygens (including phenoxy) is 3. The Morgan fingerprint density at radius 3 is 2.73 bits per heavy atom. The number of nitrogens with one attached hydrogen (secondary N) is 2. The van der Waals surface area contributed by atoms with Crippen molar-refractivity contribution in [3.8, 4) is 17.2 Å². The molecule has 226 valence electrons. The molecule has 0 unspecified atom stereocenters. The first-order valence-electron chi connectivity index (χ1n) is 14.3. The number of nitrogens with zero attached hydrogens (tertiary/aromatic N) is 3. The summed E-state index contributed by atoms with van der Waals surface area (Å²) in [5, 5.41) is 5.67. The van der Waals surface area contributed by atoms with E-state index in [4.69, 9.17) is 24.2 Å². The predicted octanol–water partition coefficient (Wildman–Crippen LogP) is 4.63. The number of methoxy groups -OCH3 is 1. The number of hydrogen-bond acceptors (Lipinski definition) is 9. The van der Waals surface area contributed by atoms with Gasteiger partial charge in [-0.25, -0.2) is 9.89 Å². The second kappa shape index (κ2) is 12.8. The van der Waals surface area contributed by atoms with Gasteiger partial charge in [-0.05, 0) is 43.2 Å². The van der Waals surface area contributed by atoms with Gasteiger partial charge in [-0.2, -0.15) is 0 Å².